The van der Waals surface area contributed by atoms with E-state index in [4.69, 9.17) is 9.47 Å². The van der Waals surface area contributed by atoms with Crippen LogP contribution in [0.1, 0.15) is 72.2 Å². The summed E-state index contributed by atoms with van der Waals surface area (Å²) in [6.45, 7) is 10.4. The number of anilines is 1. The zero-order valence-electron chi connectivity index (χ0n) is 22.9. The van der Waals surface area contributed by atoms with E-state index in [1.54, 1.807) is 31.2 Å². The molecule has 2 heterocycles. The average molecular weight is 549 g/mol. The lowest BCUT2D eigenvalue weighted by atomic mass is 9.85. The van der Waals surface area contributed by atoms with E-state index in [9.17, 15) is 19.5 Å². The van der Waals surface area contributed by atoms with E-state index in [-0.39, 0.29) is 26.8 Å². The van der Waals surface area contributed by atoms with Crippen LogP contribution < -0.4 is 9.64 Å². The quantitative estimate of drug-likeness (QED) is 0.168. The molecule has 1 aromatic heterocycles. The Hall–Kier alpha value is -3.98. The third kappa shape index (κ3) is 5.45. The van der Waals surface area contributed by atoms with Crippen molar-refractivity contribution in [3.8, 4) is 5.75 Å². The van der Waals surface area contributed by atoms with Gasteiger partial charge in [0.15, 0.2) is 5.13 Å². The van der Waals surface area contributed by atoms with E-state index in [0.29, 0.717) is 29.2 Å². The molecule has 1 unspecified atom stereocenters. The van der Waals surface area contributed by atoms with Crippen LogP contribution in [0.3, 0.4) is 0 Å². The fraction of sp³-hybridized carbons (Fsp3) is 0.333. The Labute approximate surface area is 231 Å². The summed E-state index contributed by atoms with van der Waals surface area (Å²) in [7, 11) is 1.27. The summed E-state index contributed by atoms with van der Waals surface area (Å²) in [6.07, 6.45) is 0.812. The molecular formula is C30H32N2O6S. The first-order chi connectivity index (χ1) is 18.5. The Morgan fingerprint density at radius 1 is 1.13 bits per heavy atom. The fourth-order valence-corrected chi connectivity index (χ4v) is 5.40. The number of aryl methyl sites for hydroxylation is 1. The van der Waals surface area contributed by atoms with Crippen LogP contribution in [0.15, 0.2) is 54.1 Å². The number of benzene rings is 2. The van der Waals surface area contributed by atoms with Crippen molar-refractivity contribution in [3.63, 3.8) is 0 Å². The Bertz CT molecular complexity index is 1450. The van der Waals surface area contributed by atoms with Crippen LogP contribution in [0.5, 0.6) is 5.75 Å². The van der Waals surface area contributed by atoms with Crippen molar-refractivity contribution in [2.45, 2.75) is 52.5 Å². The number of methoxy groups -OCH3 is 1. The van der Waals surface area contributed by atoms with Crippen LogP contribution in [0.4, 0.5) is 5.13 Å². The van der Waals surface area contributed by atoms with E-state index in [0.717, 1.165) is 23.3 Å². The third-order valence-corrected chi connectivity index (χ3v) is 7.62. The lowest BCUT2D eigenvalue weighted by Gasteiger charge is -2.25. The molecule has 0 spiro atoms. The Kier molecular flexibility index (Phi) is 7.92. The topological polar surface area (TPSA) is 106 Å². The van der Waals surface area contributed by atoms with Gasteiger partial charge in [0.1, 0.15) is 16.4 Å². The summed E-state index contributed by atoms with van der Waals surface area (Å²) in [4.78, 5) is 45.2. The molecule has 1 amide bonds. The summed E-state index contributed by atoms with van der Waals surface area (Å²) in [5.41, 5.74) is 2.25. The second kappa shape index (κ2) is 11.0. The van der Waals surface area contributed by atoms with Gasteiger partial charge in [0.05, 0.1) is 31.0 Å². The second-order valence-electron chi connectivity index (χ2n) is 10.3. The number of hydrogen-bond donors (Lipinski definition) is 1. The Morgan fingerprint density at radius 3 is 2.44 bits per heavy atom. The van der Waals surface area contributed by atoms with E-state index < -0.39 is 23.7 Å². The molecule has 4 rings (SSSR count). The highest BCUT2D eigenvalue weighted by Crippen LogP contribution is 2.44. The fourth-order valence-electron chi connectivity index (χ4n) is 4.39. The lowest BCUT2D eigenvalue weighted by Crippen LogP contribution is -2.29. The number of thiazole rings is 1. The minimum Gasteiger partial charge on any atom is -0.507 e. The van der Waals surface area contributed by atoms with Crippen LogP contribution in [-0.2, 0) is 19.7 Å². The van der Waals surface area contributed by atoms with Gasteiger partial charge < -0.3 is 14.6 Å². The third-order valence-electron chi connectivity index (χ3n) is 6.48. The van der Waals surface area contributed by atoms with E-state index >= 15 is 0 Å². The first-order valence-corrected chi connectivity index (χ1v) is 13.5. The second-order valence-corrected chi connectivity index (χ2v) is 11.3. The van der Waals surface area contributed by atoms with Gasteiger partial charge in [-0.3, -0.25) is 14.5 Å². The Balaban J connectivity index is 1.90. The van der Waals surface area contributed by atoms with Gasteiger partial charge in [-0.05, 0) is 42.0 Å². The van der Waals surface area contributed by atoms with Crippen molar-refractivity contribution in [3.05, 3.63) is 81.4 Å². The van der Waals surface area contributed by atoms with Crippen LogP contribution >= 0.6 is 11.3 Å². The molecule has 1 N–H and O–H groups in total. The highest BCUT2D eigenvalue weighted by atomic mass is 32.1. The van der Waals surface area contributed by atoms with Crippen LogP contribution in [0.2, 0.25) is 0 Å². The van der Waals surface area contributed by atoms with Crippen molar-refractivity contribution in [1.82, 2.24) is 4.98 Å². The smallest absolute Gasteiger partial charge is 0.350 e. The maximum atomic E-state index is 13.5. The number of ether oxygens (including phenoxy) is 2. The highest BCUT2D eigenvalue weighted by molar-refractivity contribution is 7.17. The number of carbonyl (C=O) groups excluding carboxylic acids is 3. The average Bonchev–Trinajstić information content (AvgIpc) is 3.42. The molecule has 204 valence electrons. The predicted octanol–water partition coefficient (Wildman–Crippen LogP) is 5.95. The largest absolute Gasteiger partial charge is 0.507 e. The molecule has 0 radical (unpaired) electrons. The number of hydrogen-bond acceptors (Lipinski definition) is 8. The number of esters is 1. The predicted molar refractivity (Wildman–Crippen MR) is 150 cm³/mol. The van der Waals surface area contributed by atoms with Gasteiger partial charge in [-0.25, -0.2) is 9.78 Å². The van der Waals surface area contributed by atoms with Crippen molar-refractivity contribution in [2.24, 2.45) is 0 Å². The van der Waals surface area contributed by atoms with E-state index in [1.807, 2.05) is 31.2 Å². The number of amides is 1. The maximum absolute atomic E-state index is 13.5. The summed E-state index contributed by atoms with van der Waals surface area (Å²) < 4.78 is 10.6. The van der Waals surface area contributed by atoms with E-state index in [1.165, 1.54) is 12.0 Å². The molecule has 1 saturated heterocycles. The van der Waals surface area contributed by atoms with Crippen LogP contribution in [0, 0.1) is 6.92 Å². The first kappa shape index (κ1) is 28.0. The molecule has 0 aliphatic carbocycles. The Morgan fingerprint density at radius 2 is 1.82 bits per heavy atom. The van der Waals surface area contributed by atoms with Gasteiger partial charge in [0, 0.05) is 5.56 Å². The number of aromatic nitrogens is 1. The van der Waals surface area contributed by atoms with E-state index in [2.05, 4.69) is 25.8 Å². The number of nitrogens with zero attached hydrogens (tertiary/aromatic N) is 2. The standard InChI is InChI=1S/C30H32N2O6S/c1-7-15-38-21-10-8-9-19(16-21)24(33)22-23(18-11-13-20(14-12-18)30(3,4)5)32(27(35)25(22)34)29-31-17(2)26(39-29)28(36)37-6/h8-14,16,23,33H,7,15H2,1-6H3/b24-22+. The number of rotatable bonds is 7. The lowest BCUT2D eigenvalue weighted by molar-refractivity contribution is -0.132. The van der Waals surface area contributed by atoms with Gasteiger partial charge in [-0.2, -0.15) is 0 Å². The van der Waals surface area contributed by atoms with Crippen molar-refractivity contribution >= 4 is 39.9 Å². The molecule has 2 aromatic carbocycles. The molecule has 0 saturated carbocycles. The molecule has 1 atom stereocenters. The molecule has 39 heavy (non-hydrogen) atoms. The zero-order valence-corrected chi connectivity index (χ0v) is 23.7. The van der Waals surface area contributed by atoms with Crippen molar-refractivity contribution in [2.75, 3.05) is 18.6 Å². The molecule has 1 aliphatic rings. The minimum atomic E-state index is -0.963. The summed E-state index contributed by atoms with van der Waals surface area (Å²) >= 11 is 0.965. The molecule has 8 nitrogen and oxygen atoms in total. The summed E-state index contributed by atoms with van der Waals surface area (Å²) in [5.74, 6) is -2.04. The monoisotopic (exact) mass is 548 g/mol. The van der Waals surface area contributed by atoms with Gasteiger partial charge in [-0.1, -0.05) is 75.4 Å². The highest BCUT2D eigenvalue weighted by Gasteiger charge is 2.48. The van der Waals surface area contributed by atoms with Gasteiger partial charge in [0.2, 0.25) is 0 Å². The molecule has 1 aliphatic heterocycles. The number of aliphatic hydroxyl groups is 1. The van der Waals surface area contributed by atoms with Crippen molar-refractivity contribution in [1.29, 1.82) is 0 Å². The molecule has 3 aromatic rings. The maximum Gasteiger partial charge on any atom is 0.350 e. The number of aliphatic hydroxyl groups excluding tert-OH is 1. The minimum absolute atomic E-state index is 0.0661. The summed E-state index contributed by atoms with van der Waals surface area (Å²) in [5, 5.41) is 11.6. The van der Waals surface area contributed by atoms with Crippen molar-refractivity contribution < 1.29 is 29.0 Å². The number of carbonyl (C=O) groups is 3. The van der Waals surface area contributed by atoms with Gasteiger partial charge in [-0.15, -0.1) is 0 Å². The zero-order chi connectivity index (χ0) is 28.5. The summed E-state index contributed by atoms with van der Waals surface area (Å²) in [6, 6.07) is 13.4. The molecule has 1 fully saturated rings. The number of Topliss-reactive ketones (excluding diaryl/α,β-unsaturated/α-hetero) is 1. The molecule has 0 bridgehead atoms. The molecular weight excluding hydrogens is 516 g/mol. The van der Waals surface area contributed by atoms with Crippen LogP contribution in [0.25, 0.3) is 5.76 Å². The normalized spacial score (nSPS) is 17.0. The molecule has 9 heteroatoms. The first-order valence-electron chi connectivity index (χ1n) is 12.7. The van der Waals surface area contributed by atoms with Gasteiger partial charge >= 0.3 is 11.9 Å². The van der Waals surface area contributed by atoms with Gasteiger partial charge in [0.25, 0.3) is 5.78 Å². The van der Waals surface area contributed by atoms with Crippen LogP contribution in [-0.4, -0.2) is 41.5 Å². The number of ketones is 1. The SMILES string of the molecule is CCCOc1cccc(/C(O)=C2\C(=O)C(=O)N(c3nc(C)c(C(=O)OC)s3)C2c2ccc(C(C)(C)C)cc2)c1.